The van der Waals surface area contributed by atoms with Crippen molar-refractivity contribution in [3.63, 3.8) is 0 Å². The Hall–Kier alpha value is -1.80. The SMILES string of the molecule is CCNC(=O)NC(=O)C(C)S(=O)(=O)c1ccc(N)c(Cl)c1. The average Bonchev–Trinajstić information content (AvgIpc) is 2.40. The van der Waals surface area contributed by atoms with Gasteiger partial charge in [-0.15, -0.1) is 0 Å². The smallest absolute Gasteiger partial charge is 0.321 e. The van der Waals surface area contributed by atoms with Crippen LogP contribution in [0.25, 0.3) is 0 Å². The van der Waals surface area contributed by atoms with Crippen LogP contribution < -0.4 is 16.4 Å². The first-order valence-corrected chi connectivity index (χ1v) is 8.00. The number of anilines is 1. The van der Waals surface area contributed by atoms with Crippen LogP contribution in [-0.4, -0.2) is 32.2 Å². The highest BCUT2D eigenvalue weighted by Gasteiger charge is 2.31. The van der Waals surface area contributed by atoms with Gasteiger partial charge in [0.25, 0.3) is 0 Å². The van der Waals surface area contributed by atoms with Crippen molar-refractivity contribution in [2.75, 3.05) is 12.3 Å². The average molecular weight is 334 g/mol. The van der Waals surface area contributed by atoms with E-state index in [2.05, 4.69) is 5.32 Å². The Bertz CT molecular complexity index is 660. The fraction of sp³-hybridized carbons (Fsp3) is 0.333. The van der Waals surface area contributed by atoms with E-state index in [0.717, 1.165) is 0 Å². The summed E-state index contributed by atoms with van der Waals surface area (Å²) in [5.41, 5.74) is 5.74. The first-order valence-electron chi connectivity index (χ1n) is 6.07. The van der Waals surface area contributed by atoms with Gasteiger partial charge in [0, 0.05) is 6.54 Å². The highest BCUT2D eigenvalue weighted by atomic mass is 35.5. The van der Waals surface area contributed by atoms with Gasteiger partial charge in [-0.3, -0.25) is 10.1 Å². The van der Waals surface area contributed by atoms with Gasteiger partial charge in [0.05, 0.1) is 15.6 Å². The van der Waals surface area contributed by atoms with E-state index < -0.39 is 27.0 Å². The number of hydrogen-bond donors (Lipinski definition) is 3. The lowest BCUT2D eigenvalue weighted by atomic mass is 10.3. The Morgan fingerprint density at radius 2 is 2.00 bits per heavy atom. The van der Waals surface area contributed by atoms with Crippen molar-refractivity contribution in [1.29, 1.82) is 0 Å². The van der Waals surface area contributed by atoms with Gasteiger partial charge in [0.1, 0.15) is 5.25 Å². The maximum Gasteiger partial charge on any atom is 0.321 e. The van der Waals surface area contributed by atoms with Crippen LogP contribution in [0.4, 0.5) is 10.5 Å². The zero-order valence-corrected chi connectivity index (χ0v) is 13.1. The molecule has 9 heteroatoms. The molecule has 7 nitrogen and oxygen atoms in total. The number of carbonyl (C=O) groups is 2. The monoisotopic (exact) mass is 333 g/mol. The predicted octanol–water partition coefficient (Wildman–Crippen LogP) is 0.930. The summed E-state index contributed by atoms with van der Waals surface area (Å²) in [6, 6.07) is 3.01. The molecule has 0 aliphatic carbocycles. The molecule has 0 spiro atoms. The molecule has 1 aromatic rings. The fourth-order valence-electron chi connectivity index (χ4n) is 1.45. The van der Waals surface area contributed by atoms with E-state index in [4.69, 9.17) is 17.3 Å². The molecule has 0 aliphatic rings. The summed E-state index contributed by atoms with van der Waals surface area (Å²) in [4.78, 5) is 22.9. The van der Waals surface area contributed by atoms with Crippen LogP contribution in [0, 0.1) is 0 Å². The summed E-state index contributed by atoms with van der Waals surface area (Å²) in [6.07, 6.45) is 0. The predicted molar refractivity (Wildman–Crippen MR) is 79.7 cm³/mol. The minimum Gasteiger partial charge on any atom is -0.398 e. The van der Waals surface area contributed by atoms with Crippen molar-refractivity contribution < 1.29 is 18.0 Å². The molecule has 0 radical (unpaired) electrons. The van der Waals surface area contributed by atoms with Crippen LogP contribution in [0.3, 0.4) is 0 Å². The van der Waals surface area contributed by atoms with Crippen LogP contribution in [0.2, 0.25) is 5.02 Å². The van der Waals surface area contributed by atoms with E-state index in [-0.39, 0.29) is 15.6 Å². The van der Waals surface area contributed by atoms with Crippen LogP contribution in [-0.2, 0) is 14.6 Å². The van der Waals surface area contributed by atoms with E-state index in [1.165, 1.54) is 25.1 Å². The fourth-order valence-corrected chi connectivity index (χ4v) is 2.98. The maximum absolute atomic E-state index is 12.3. The topological polar surface area (TPSA) is 118 Å². The zero-order chi connectivity index (χ0) is 16.2. The Kier molecular flexibility index (Phi) is 5.56. The van der Waals surface area contributed by atoms with Crippen LogP contribution in [0.5, 0.6) is 0 Å². The lowest BCUT2D eigenvalue weighted by Crippen LogP contribution is -2.45. The number of amides is 3. The summed E-state index contributed by atoms with van der Waals surface area (Å²) < 4.78 is 24.6. The van der Waals surface area contributed by atoms with Gasteiger partial charge in [-0.25, -0.2) is 13.2 Å². The van der Waals surface area contributed by atoms with E-state index in [0.29, 0.717) is 6.54 Å². The number of hydrogen-bond acceptors (Lipinski definition) is 5. The van der Waals surface area contributed by atoms with Gasteiger partial charge in [-0.1, -0.05) is 11.6 Å². The zero-order valence-electron chi connectivity index (χ0n) is 11.5. The molecule has 1 aromatic carbocycles. The van der Waals surface area contributed by atoms with Gasteiger partial charge < -0.3 is 11.1 Å². The van der Waals surface area contributed by atoms with E-state index in [1.807, 2.05) is 5.32 Å². The second-order valence-corrected chi connectivity index (χ2v) is 6.89. The Labute approximate surface area is 127 Å². The standard InChI is InChI=1S/C12H16ClN3O4S/c1-3-15-12(18)16-11(17)7(2)21(19,20)8-4-5-10(14)9(13)6-8/h4-7H,3,14H2,1-2H3,(H2,15,16,17,18). The van der Waals surface area contributed by atoms with Crippen molar-refractivity contribution in [3.05, 3.63) is 23.2 Å². The number of nitrogen functional groups attached to an aromatic ring is 1. The number of benzene rings is 1. The number of halogens is 1. The molecule has 4 N–H and O–H groups in total. The summed E-state index contributed by atoms with van der Waals surface area (Å²) in [6.45, 7) is 3.17. The van der Waals surface area contributed by atoms with Gasteiger partial charge in [0.2, 0.25) is 5.91 Å². The summed E-state index contributed by atoms with van der Waals surface area (Å²) in [5, 5.41) is 2.92. The largest absolute Gasteiger partial charge is 0.398 e. The van der Waals surface area contributed by atoms with Crippen LogP contribution in [0.15, 0.2) is 23.1 Å². The second-order valence-electron chi connectivity index (χ2n) is 4.22. The third-order valence-electron chi connectivity index (χ3n) is 2.71. The first kappa shape index (κ1) is 17.3. The normalized spacial score (nSPS) is 12.5. The molecule has 0 saturated heterocycles. The molecule has 0 saturated carbocycles. The summed E-state index contributed by atoms with van der Waals surface area (Å²) in [7, 11) is -3.97. The maximum atomic E-state index is 12.3. The third kappa shape index (κ3) is 4.08. The third-order valence-corrected chi connectivity index (χ3v) is 5.09. The van der Waals surface area contributed by atoms with Crippen LogP contribution >= 0.6 is 11.6 Å². The molecule has 0 bridgehead atoms. The van der Waals surface area contributed by atoms with Crippen molar-refractivity contribution in [2.24, 2.45) is 0 Å². The van der Waals surface area contributed by atoms with Crippen molar-refractivity contribution in [3.8, 4) is 0 Å². The molecule has 0 aromatic heterocycles. The van der Waals surface area contributed by atoms with Gasteiger partial charge in [-0.05, 0) is 32.0 Å². The first-order chi connectivity index (χ1) is 9.70. The van der Waals surface area contributed by atoms with E-state index >= 15 is 0 Å². The lowest BCUT2D eigenvalue weighted by Gasteiger charge is -2.13. The Morgan fingerprint density at radius 3 is 2.52 bits per heavy atom. The van der Waals surface area contributed by atoms with E-state index in [9.17, 15) is 18.0 Å². The number of nitrogens with one attached hydrogen (secondary N) is 2. The number of urea groups is 1. The molecule has 3 amide bonds. The highest BCUT2D eigenvalue weighted by molar-refractivity contribution is 7.92. The number of rotatable bonds is 4. The molecule has 0 fully saturated rings. The van der Waals surface area contributed by atoms with E-state index in [1.54, 1.807) is 6.92 Å². The highest BCUT2D eigenvalue weighted by Crippen LogP contribution is 2.25. The Morgan fingerprint density at radius 1 is 1.38 bits per heavy atom. The summed E-state index contributed by atoms with van der Waals surface area (Å²) >= 11 is 5.78. The second kappa shape index (κ2) is 6.77. The lowest BCUT2D eigenvalue weighted by molar-refractivity contribution is -0.119. The van der Waals surface area contributed by atoms with Crippen LogP contribution in [0.1, 0.15) is 13.8 Å². The molecule has 116 valence electrons. The minimum absolute atomic E-state index is 0.0763. The number of imide groups is 1. The van der Waals surface area contributed by atoms with Gasteiger partial charge >= 0.3 is 6.03 Å². The molecule has 0 heterocycles. The molecule has 21 heavy (non-hydrogen) atoms. The number of carbonyl (C=O) groups excluding carboxylic acids is 2. The minimum atomic E-state index is -3.97. The molecular formula is C12H16ClN3O4S. The van der Waals surface area contributed by atoms with Crippen molar-refractivity contribution in [2.45, 2.75) is 24.0 Å². The molecule has 1 rings (SSSR count). The number of sulfone groups is 1. The quantitative estimate of drug-likeness (QED) is 0.708. The van der Waals surface area contributed by atoms with Gasteiger partial charge in [0.15, 0.2) is 9.84 Å². The van der Waals surface area contributed by atoms with Crippen molar-refractivity contribution in [1.82, 2.24) is 10.6 Å². The number of nitrogens with two attached hydrogens (primary N) is 1. The van der Waals surface area contributed by atoms with Crippen molar-refractivity contribution >= 4 is 39.1 Å². The Balaban J connectivity index is 2.98. The molecule has 1 atom stereocenters. The molecule has 1 unspecified atom stereocenters. The van der Waals surface area contributed by atoms with Gasteiger partial charge in [-0.2, -0.15) is 0 Å². The summed E-state index contributed by atoms with van der Waals surface area (Å²) in [5.74, 6) is -0.922. The molecular weight excluding hydrogens is 318 g/mol. The molecule has 0 aliphatic heterocycles.